The minimum atomic E-state index is -0.261. The summed E-state index contributed by atoms with van der Waals surface area (Å²) in [5.74, 6) is 0.869. The van der Waals surface area contributed by atoms with Crippen LogP contribution < -0.4 is 10.6 Å². The number of hydrogen-bond acceptors (Lipinski definition) is 1. The first-order valence-corrected chi connectivity index (χ1v) is 6.81. The van der Waals surface area contributed by atoms with Gasteiger partial charge in [-0.1, -0.05) is 25.4 Å². The number of urea groups is 1. The smallest absolute Gasteiger partial charge is 0.319 e. The molecule has 4 heteroatoms. The van der Waals surface area contributed by atoms with Gasteiger partial charge in [0.2, 0.25) is 0 Å². The monoisotopic (exact) mass is 264 g/mol. The lowest BCUT2D eigenvalue weighted by molar-refractivity contribution is 0.190. The second-order valence-electron chi connectivity index (χ2n) is 5.57. The van der Waals surface area contributed by atoms with Crippen molar-refractivity contribution in [2.45, 2.75) is 32.2 Å². The molecule has 0 spiro atoms. The fourth-order valence-corrected chi connectivity index (χ4v) is 3.34. The van der Waals surface area contributed by atoms with Crippen molar-refractivity contribution in [1.82, 2.24) is 5.32 Å². The van der Waals surface area contributed by atoms with Gasteiger partial charge in [0, 0.05) is 16.3 Å². The standard InChI is InChI=1S/C14H17ClN2O/c1-8(2)14(9-3-4-9)11-7-10(15)5-6-12(11)16-13(18)17-14/h5-9H,3-4H2,1-2H3,(H2,16,17,18). The van der Waals surface area contributed by atoms with Crippen LogP contribution in [0.4, 0.5) is 10.5 Å². The maximum absolute atomic E-state index is 11.9. The Hall–Kier alpha value is -1.22. The zero-order valence-corrected chi connectivity index (χ0v) is 11.3. The van der Waals surface area contributed by atoms with Gasteiger partial charge in [-0.05, 0) is 42.9 Å². The van der Waals surface area contributed by atoms with Gasteiger partial charge in [-0.25, -0.2) is 4.79 Å². The molecule has 1 atom stereocenters. The number of benzene rings is 1. The van der Waals surface area contributed by atoms with Crippen LogP contribution >= 0.6 is 11.6 Å². The summed E-state index contributed by atoms with van der Waals surface area (Å²) in [6, 6.07) is 5.60. The second-order valence-corrected chi connectivity index (χ2v) is 6.00. The molecule has 1 saturated carbocycles. The van der Waals surface area contributed by atoms with E-state index in [9.17, 15) is 4.79 Å². The van der Waals surface area contributed by atoms with E-state index < -0.39 is 0 Å². The van der Waals surface area contributed by atoms with Gasteiger partial charge in [-0.3, -0.25) is 0 Å². The Morgan fingerprint density at radius 2 is 2.11 bits per heavy atom. The number of nitrogens with one attached hydrogen (secondary N) is 2. The SMILES string of the molecule is CC(C)C1(C2CC2)NC(=O)Nc2ccc(Cl)cc21. The first-order valence-electron chi connectivity index (χ1n) is 6.43. The molecule has 18 heavy (non-hydrogen) atoms. The largest absolute Gasteiger partial charge is 0.328 e. The lowest BCUT2D eigenvalue weighted by Crippen LogP contribution is -2.56. The number of anilines is 1. The summed E-state index contributed by atoms with van der Waals surface area (Å²) in [5, 5.41) is 6.76. The molecule has 2 N–H and O–H groups in total. The van der Waals surface area contributed by atoms with Crippen LogP contribution in [0.1, 0.15) is 32.3 Å². The molecule has 1 fully saturated rings. The Bertz CT molecular complexity index is 507. The van der Waals surface area contributed by atoms with Gasteiger partial charge in [-0.15, -0.1) is 0 Å². The van der Waals surface area contributed by atoms with E-state index in [4.69, 9.17) is 11.6 Å². The molecule has 0 saturated heterocycles. The molecule has 0 bridgehead atoms. The normalized spacial score (nSPS) is 26.6. The summed E-state index contributed by atoms with van der Waals surface area (Å²) in [5.41, 5.74) is 1.76. The van der Waals surface area contributed by atoms with Crippen molar-refractivity contribution in [3.05, 3.63) is 28.8 Å². The third-order valence-electron chi connectivity index (χ3n) is 4.13. The number of carbonyl (C=O) groups excluding carboxylic acids is 1. The molecule has 1 aromatic rings. The van der Waals surface area contributed by atoms with Gasteiger partial charge in [0.15, 0.2) is 0 Å². The lowest BCUT2D eigenvalue weighted by atomic mass is 9.74. The van der Waals surface area contributed by atoms with E-state index in [1.807, 2.05) is 18.2 Å². The van der Waals surface area contributed by atoms with Crippen molar-refractivity contribution in [3.8, 4) is 0 Å². The second kappa shape index (κ2) is 3.89. The van der Waals surface area contributed by atoms with Gasteiger partial charge in [0.05, 0.1) is 5.54 Å². The average Bonchev–Trinajstić information content (AvgIpc) is 3.12. The van der Waals surface area contributed by atoms with Gasteiger partial charge in [-0.2, -0.15) is 0 Å². The minimum Gasteiger partial charge on any atom is -0.328 e. The van der Waals surface area contributed by atoms with Crippen LogP contribution in [0, 0.1) is 11.8 Å². The number of fused-ring (bicyclic) bond motifs is 1. The van der Waals surface area contributed by atoms with Crippen molar-refractivity contribution in [1.29, 1.82) is 0 Å². The number of hydrogen-bond donors (Lipinski definition) is 2. The maximum Gasteiger partial charge on any atom is 0.319 e. The highest BCUT2D eigenvalue weighted by atomic mass is 35.5. The van der Waals surface area contributed by atoms with E-state index in [0.717, 1.165) is 16.3 Å². The molecule has 0 aromatic heterocycles. The fraction of sp³-hybridized carbons (Fsp3) is 0.500. The predicted octanol–water partition coefficient (Wildman–Crippen LogP) is 3.74. The number of rotatable bonds is 2. The number of carbonyl (C=O) groups is 1. The highest BCUT2D eigenvalue weighted by molar-refractivity contribution is 6.30. The summed E-state index contributed by atoms with van der Waals surface area (Å²) in [6.07, 6.45) is 2.34. The van der Waals surface area contributed by atoms with Crippen LogP contribution in [-0.2, 0) is 5.54 Å². The van der Waals surface area contributed by atoms with Crippen LogP contribution in [0.5, 0.6) is 0 Å². The predicted molar refractivity (Wildman–Crippen MR) is 72.8 cm³/mol. The van der Waals surface area contributed by atoms with E-state index in [2.05, 4.69) is 24.5 Å². The van der Waals surface area contributed by atoms with Gasteiger partial charge in [0.1, 0.15) is 0 Å². The van der Waals surface area contributed by atoms with Crippen molar-refractivity contribution in [2.24, 2.45) is 11.8 Å². The molecule has 3 rings (SSSR count). The minimum absolute atomic E-state index is 0.106. The van der Waals surface area contributed by atoms with E-state index in [0.29, 0.717) is 11.8 Å². The Labute approximate surface area is 112 Å². The molecule has 1 unspecified atom stereocenters. The topological polar surface area (TPSA) is 41.1 Å². The maximum atomic E-state index is 11.9. The van der Waals surface area contributed by atoms with Gasteiger partial charge in [0.25, 0.3) is 0 Å². The van der Waals surface area contributed by atoms with E-state index in [-0.39, 0.29) is 11.6 Å². The highest BCUT2D eigenvalue weighted by Crippen LogP contribution is 2.53. The molecule has 2 aliphatic rings. The molecule has 2 amide bonds. The molecular formula is C14H17ClN2O. The van der Waals surface area contributed by atoms with Crippen LogP contribution in [0.15, 0.2) is 18.2 Å². The molecule has 1 aromatic carbocycles. The lowest BCUT2D eigenvalue weighted by Gasteiger charge is -2.43. The molecule has 0 radical (unpaired) electrons. The Morgan fingerprint density at radius 3 is 2.72 bits per heavy atom. The zero-order valence-electron chi connectivity index (χ0n) is 10.6. The van der Waals surface area contributed by atoms with Gasteiger partial charge >= 0.3 is 6.03 Å². The molecule has 96 valence electrons. The van der Waals surface area contributed by atoms with E-state index >= 15 is 0 Å². The van der Waals surface area contributed by atoms with Crippen molar-refractivity contribution < 1.29 is 4.79 Å². The quantitative estimate of drug-likeness (QED) is 0.839. The third kappa shape index (κ3) is 1.61. The molecule has 1 aliphatic heterocycles. The fourth-order valence-electron chi connectivity index (χ4n) is 3.16. The van der Waals surface area contributed by atoms with Crippen molar-refractivity contribution in [3.63, 3.8) is 0 Å². The molecular weight excluding hydrogens is 248 g/mol. The molecule has 1 aliphatic carbocycles. The third-order valence-corrected chi connectivity index (χ3v) is 4.36. The summed E-state index contributed by atoms with van der Waals surface area (Å²) in [4.78, 5) is 11.9. The summed E-state index contributed by atoms with van der Waals surface area (Å²) in [6.45, 7) is 4.32. The average molecular weight is 265 g/mol. The first-order chi connectivity index (χ1) is 8.54. The van der Waals surface area contributed by atoms with Crippen LogP contribution in [0.2, 0.25) is 5.02 Å². The Morgan fingerprint density at radius 1 is 1.39 bits per heavy atom. The zero-order chi connectivity index (χ0) is 12.9. The van der Waals surface area contributed by atoms with E-state index in [1.165, 1.54) is 12.8 Å². The first kappa shape index (κ1) is 11.8. The van der Waals surface area contributed by atoms with E-state index in [1.54, 1.807) is 0 Å². The van der Waals surface area contributed by atoms with Crippen molar-refractivity contribution in [2.75, 3.05) is 5.32 Å². The Kier molecular flexibility index (Phi) is 2.56. The molecule has 1 heterocycles. The van der Waals surface area contributed by atoms with Gasteiger partial charge < -0.3 is 10.6 Å². The van der Waals surface area contributed by atoms with Crippen molar-refractivity contribution >= 4 is 23.3 Å². The van der Waals surface area contributed by atoms with Crippen LogP contribution in [0.25, 0.3) is 0 Å². The summed E-state index contributed by atoms with van der Waals surface area (Å²) >= 11 is 6.13. The highest BCUT2D eigenvalue weighted by Gasteiger charge is 2.52. The summed E-state index contributed by atoms with van der Waals surface area (Å²) in [7, 11) is 0. The van der Waals surface area contributed by atoms with Crippen LogP contribution in [-0.4, -0.2) is 6.03 Å². The number of amides is 2. The number of halogens is 1. The summed E-state index contributed by atoms with van der Waals surface area (Å²) < 4.78 is 0. The molecule has 3 nitrogen and oxygen atoms in total. The Balaban J connectivity index is 2.20. The van der Waals surface area contributed by atoms with Crippen LogP contribution in [0.3, 0.4) is 0 Å².